The van der Waals surface area contributed by atoms with E-state index < -0.39 is 0 Å². The van der Waals surface area contributed by atoms with Crippen molar-refractivity contribution in [1.82, 2.24) is 0 Å². The van der Waals surface area contributed by atoms with E-state index >= 15 is 0 Å². The molecule has 0 aromatic heterocycles. The molecule has 0 fully saturated rings. The van der Waals surface area contributed by atoms with Gasteiger partial charge in [-0.2, -0.15) is 0 Å². The van der Waals surface area contributed by atoms with E-state index in [0.29, 0.717) is 5.75 Å². The van der Waals surface area contributed by atoms with Crippen LogP contribution in [0.3, 0.4) is 0 Å². The van der Waals surface area contributed by atoms with Crippen molar-refractivity contribution in [2.45, 2.75) is 26.2 Å². The van der Waals surface area contributed by atoms with E-state index in [0.717, 1.165) is 11.1 Å². The zero-order chi connectivity index (χ0) is 22.7. The minimum atomic E-state index is -0.130. The Kier molecular flexibility index (Phi) is 4.25. The third kappa shape index (κ3) is 3.08. The summed E-state index contributed by atoms with van der Waals surface area (Å²) in [7, 11) is 0. The summed E-state index contributed by atoms with van der Waals surface area (Å²) in [5, 5.41) is 18.2. The van der Waals surface area contributed by atoms with E-state index in [2.05, 4.69) is 106 Å². The molecule has 0 unspecified atom stereocenters. The predicted molar refractivity (Wildman–Crippen MR) is 141 cm³/mol. The first-order valence-electron chi connectivity index (χ1n) is 11.5. The third-order valence-electron chi connectivity index (χ3n) is 6.86. The number of hydrogen-bond donors (Lipinski definition) is 1. The molecule has 160 valence electrons. The van der Waals surface area contributed by atoms with Crippen LogP contribution in [0.5, 0.6) is 5.75 Å². The summed E-state index contributed by atoms with van der Waals surface area (Å²) in [5.74, 6) is 0.358. The molecule has 0 saturated carbocycles. The summed E-state index contributed by atoms with van der Waals surface area (Å²) in [4.78, 5) is 0. The minimum Gasteiger partial charge on any atom is -0.508 e. The summed E-state index contributed by atoms with van der Waals surface area (Å²) < 4.78 is 0. The summed E-state index contributed by atoms with van der Waals surface area (Å²) in [5.41, 5.74) is 5.68. The lowest BCUT2D eigenvalue weighted by atomic mass is 9.83. The normalized spacial score (nSPS) is 12.2. The van der Waals surface area contributed by atoms with Crippen LogP contribution in [-0.2, 0) is 5.41 Å². The van der Waals surface area contributed by atoms with Crippen molar-refractivity contribution in [3.05, 3.63) is 103 Å². The molecule has 0 aliphatic rings. The van der Waals surface area contributed by atoms with Gasteiger partial charge in [0.2, 0.25) is 0 Å². The highest BCUT2D eigenvalue weighted by Crippen LogP contribution is 2.43. The quantitative estimate of drug-likeness (QED) is 0.274. The van der Waals surface area contributed by atoms with E-state index in [9.17, 15) is 5.11 Å². The predicted octanol–water partition coefficient (Wildman–Crippen LogP) is 8.92. The molecular formula is C32H26O. The largest absolute Gasteiger partial charge is 0.508 e. The van der Waals surface area contributed by atoms with Crippen molar-refractivity contribution in [3.63, 3.8) is 0 Å². The fraction of sp³-hybridized carbons (Fsp3) is 0.125. The molecule has 0 spiro atoms. The number of hydrogen-bond acceptors (Lipinski definition) is 1. The first-order valence-corrected chi connectivity index (χ1v) is 11.5. The van der Waals surface area contributed by atoms with Crippen molar-refractivity contribution in [3.8, 4) is 28.0 Å². The molecule has 0 saturated heterocycles. The van der Waals surface area contributed by atoms with Gasteiger partial charge in [-0.15, -0.1) is 0 Å². The molecule has 1 N–H and O–H groups in total. The smallest absolute Gasteiger partial charge is 0.119 e. The van der Waals surface area contributed by atoms with Crippen LogP contribution in [0.2, 0.25) is 0 Å². The van der Waals surface area contributed by atoms with Crippen LogP contribution in [0.15, 0.2) is 97.1 Å². The fourth-order valence-corrected chi connectivity index (χ4v) is 5.23. The van der Waals surface area contributed by atoms with Crippen molar-refractivity contribution in [1.29, 1.82) is 0 Å². The van der Waals surface area contributed by atoms with Gasteiger partial charge in [-0.05, 0) is 77.7 Å². The van der Waals surface area contributed by atoms with E-state index in [1.807, 2.05) is 12.1 Å². The molecule has 0 amide bonds. The van der Waals surface area contributed by atoms with Crippen LogP contribution < -0.4 is 0 Å². The van der Waals surface area contributed by atoms with Crippen LogP contribution in [0.1, 0.15) is 26.3 Å². The maximum atomic E-state index is 10.5. The highest BCUT2D eigenvalue weighted by Gasteiger charge is 2.20. The van der Waals surface area contributed by atoms with Crippen LogP contribution in [0.25, 0.3) is 54.6 Å². The standard InChI is InChI=1S/C32H26O/c1-32(2,3)28-19-23(13-18-29(28)33)25-15-10-22-11-16-26-24(20-7-5-4-6-8-20)14-9-21-12-17-27(25)31(22)30(21)26/h4-19,33H,1-3H3. The van der Waals surface area contributed by atoms with Gasteiger partial charge in [0.1, 0.15) is 5.75 Å². The van der Waals surface area contributed by atoms with Crippen LogP contribution >= 0.6 is 0 Å². The molecule has 6 aromatic carbocycles. The highest BCUT2D eigenvalue weighted by molar-refractivity contribution is 6.27. The average Bonchev–Trinajstić information content (AvgIpc) is 2.82. The Bertz CT molecular complexity index is 1640. The topological polar surface area (TPSA) is 20.2 Å². The van der Waals surface area contributed by atoms with E-state index in [-0.39, 0.29) is 5.41 Å². The Morgan fingerprint density at radius 3 is 1.67 bits per heavy atom. The molecule has 0 atom stereocenters. The Morgan fingerprint density at radius 2 is 1.09 bits per heavy atom. The minimum absolute atomic E-state index is 0.130. The van der Waals surface area contributed by atoms with Gasteiger partial charge in [0.25, 0.3) is 0 Å². The van der Waals surface area contributed by atoms with Gasteiger partial charge >= 0.3 is 0 Å². The van der Waals surface area contributed by atoms with Gasteiger partial charge in [0.15, 0.2) is 0 Å². The zero-order valence-electron chi connectivity index (χ0n) is 19.2. The second-order valence-corrected chi connectivity index (χ2v) is 10.00. The Morgan fingerprint density at radius 1 is 0.545 bits per heavy atom. The van der Waals surface area contributed by atoms with Crippen molar-refractivity contribution >= 4 is 32.3 Å². The molecule has 0 heterocycles. The fourth-order valence-electron chi connectivity index (χ4n) is 5.23. The van der Waals surface area contributed by atoms with Gasteiger partial charge in [-0.3, -0.25) is 0 Å². The highest BCUT2D eigenvalue weighted by atomic mass is 16.3. The first-order chi connectivity index (χ1) is 15.9. The van der Waals surface area contributed by atoms with Gasteiger partial charge in [0, 0.05) is 0 Å². The molecule has 0 aliphatic heterocycles. The summed E-state index contributed by atoms with van der Waals surface area (Å²) in [6.45, 7) is 6.42. The molecule has 6 aromatic rings. The Labute approximate surface area is 194 Å². The second kappa shape index (κ2) is 7.08. The van der Waals surface area contributed by atoms with Gasteiger partial charge in [-0.1, -0.05) is 106 Å². The maximum absolute atomic E-state index is 10.5. The summed E-state index contributed by atoms with van der Waals surface area (Å²) in [6, 6.07) is 34.6. The molecule has 0 aliphatic carbocycles. The lowest BCUT2D eigenvalue weighted by Crippen LogP contribution is -2.11. The molecular weight excluding hydrogens is 400 g/mol. The zero-order valence-corrected chi connectivity index (χ0v) is 19.2. The number of phenols is 1. The molecule has 6 rings (SSSR count). The molecule has 33 heavy (non-hydrogen) atoms. The van der Waals surface area contributed by atoms with Crippen molar-refractivity contribution in [2.75, 3.05) is 0 Å². The molecule has 1 nitrogen and oxygen atoms in total. The number of benzene rings is 6. The second-order valence-electron chi connectivity index (χ2n) is 10.00. The van der Waals surface area contributed by atoms with E-state index in [4.69, 9.17) is 0 Å². The van der Waals surface area contributed by atoms with Gasteiger partial charge < -0.3 is 5.11 Å². The summed E-state index contributed by atoms with van der Waals surface area (Å²) in [6.07, 6.45) is 0. The maximum Gasteiger partial charge on any atom is 0.119 e. The van der Waals surface area contributed by atoms with E-state index in [1.165, 1.54) is 49.0 Å². The number of aromatic hydroxyl groups is 1. The first kappa shape index (κ1) is 19.8. The van der Waals surface area contributed by atoms with Gasteiger partial charge in [-0.25, -0.2) is 0 Å². The molecule has 0 bridgehead atoms. The van der Waals surface area contributed by atoms with Crippen LogP contribution in [0.4, 0.5) is 0 Å². The average molecular weight is 427 g/mol. The lowest BCUT2D eigenvalue weighted by molar-refractivity contribution is 0.447. The van der Waals surface area contributed by atoms with E-state index in [1.54, 1.807) is 0 Å². The SMILES string of the molecule is CC(C)(C)c1cc(-c2ccc3ccc4c(-c5ccccc5)ccc5ccc2c3c54)ccc1O. The van der Waals surface area contributed by atoms with Crippen LogP contribution in [0, 0.1) is 0 Å². The monoisotopic (exact) mass is 426 g/mol. The lowest BCUT2D eigenvalue weighted by Gasteiger charge is -2.22. The Hall–Kier alpha value is -3.84. The molecule has 0 radical (unpaired) electrons. The van der Waals surface area contributed by atoms with Crippen LogP contribution in [-0.4, -0.2) is 5.11 Å². The number of rotatable bonds is 2. The van der Waals surface area contributed by atoms with Gasteiger partial charge in [0.05, 0.1) is 0 Å². The summed E-state index contributed by atoms with van der Waals surface area (Å²) >= 11 is 0. The Balaban J connectivity index is 1.68. The van der Waals surface area contributed by atoms with Crippen molar-refractivity contribution < 1.29 is 5.11 Å². The third-order valence-corrected chi connectivity index (χ3v) is 6.86. The number of phenolic OH excluding ortho intramolecular Hbond substituents is 1. The molecule has 1 heteroatoms. The van der Waals surface area contributed by atoms with Crippen molar-refractivity contribution in [2.24, 2.45) is 0 Å².